The number of sulfonamides is 1. The maximum Gasteiger partial charge on any atom is 0.286 e. The number of furan rings is 1. The molecule has 1 aromatic carbocycles. The van der Waals surface area contributed by atoms with Crippen molar-refractivity contribution >= 4 is 21.6 Å². The molecule has 0 bridgehead atoms. The van der Waals surface area contributed by atoms with Crippen LogP contribution in [0.4, 0.5) is 5.69 Å². The SMILES string of the molecule is CN(C)S(=O)(=O)c1ccc(N2CCC(CNC(=O)c3ccco3)CC2)cc1. The van der Waals surface area contributed by atoms with Crippen LogP contribution in [0.2, 0.25) is 0 Å². The van der Waals surface area contributed by atoms with E-state index in [2.05, 4.69) is 10.2 Å². The summed E-state index contributed by atoms with van der Waals surface area (Å²) in [5.74, 6) is 0.578. The van der Waals surface area contributed by atoms with Crippen molar-refractivity contribution in [2.75, 3.05) is 38.6 Å². The van der Waals surface area contributed by atoms with Gasteiger partial charge in [0.05, 0.1) is 11.2 Å². The van der Waals surface area contributed by atoms with Crippen molar-refractivity contribution in [2.24, 2.45) is 5.92 Å². The van der Waals surface area contributed by atoms with E-state index in [-0.39, 0.29) is 5.91 Å². The highest BCUT2D eigenvalue weighted by Gasteiger charge is 2.22. The lowest BCUT2D eigenvalue weighted by Crippen LogP contribution is -2.38. The van der Waals surface area contributed by atoms with Gasteiger partial charge in [0.25, 0.3) is 5.91 Å². The van der Waals surface area contributed by atoms with Crippen LogP contribution < -0.4 is 10.2 Å². The number of nitrogens with one attached hydrogen (secondary N) is 1. The zero-order chi connectivity index (χ0) is 19.4. The summed E-state index contributed by atoms with van der Waals surface area (Å²) in [5.41, 5.74) is 1.02. The third-order valence-corrected chi connectivity index (χ3v) is 6.72. The predicted molar refractivity (Wildman–Crippen MR) is 103 cm³/mol. The van der Waals surface area contributed by atoms with E-state index in [9.17, 15) is 13.2 Å². The number of carbonyl (C=O) groups excluding carboxylic acids is 1. The van der Waals surface area contributed by atoms with Crippen molar-refractivity contribution in [2.45, 2.75) is 17.7 Å². The average molecular weight is 391 g/mol. The summed E-state index contributed by atoms with van der Waals surface area (Å²) >= 11 is 0. The Bertz CT molecular complexity index is 853. The van der Waals surface area contributed by atoms with Gasteiger partial charge in [-0.25, -0.2) is 12.7 Å². The van der Waals surface area contributed by atoms with Gasteiger partial charge in [0.1, 0.15) is 0 Å². The molecule has 27 heavy (non-hydrogen) atoms. The van der Waals surface area contributed by atoms with E-state index in [0.29, 0.717) is 23.1 Å². The highest BCUT2D eigenvalue weighted by Crippen LogP contribution is 2.25. The summed E-state index contributed by atoms with van der Waals surface area (Å²) in [6.45, 7) is 2.38. The van der Waals surface area contributed by atoms with Gasteiger partial charge in [-0.2, -0.15) is 0 Å². The van der Waals surface area contributed by atoms with Gasteiger partial charge in [-0.3, -0.25) is 4.79 Å². The van der Waals surface area contributed by atoms with Crippen molar-refractivity contribution in [1.82, 2.24) is 9.62 Å². The smallest absolute Gasteiger partial charge is 0.286 e. The van der Waals surface area contributed by atoms with Crippen LogP contribution in [0.15, 0.2) is 52.0 Å². The average Bonchev–Trinajstić information content (AvgIpc) is 3.21. The minimum absolute atomic E-state index is 0.180. The molecule has 0 aliphatic carbocycles. The van der Waals surface area contributed by atoms with Crippen LogP contribution in [0, 0.1) is 5.92 Å². The van der Waals surface area contributed by atoms with Gasteiger partial charge in [0.15, 0.2) is 5.76 Å². The fraction of sp³-hybridized carbons (Fsp3) is 0.421. The van der Waals surface area contributed by atoms with Gasteiger partial charge in [0.2, 0.25) is 10.0 Å². The molecule has 3 rings (SSSR count). The maximum absolute atomic E-state index is 12.1. The normalized spacial score (nSPS) is 15.9. The number of rotatable bonds is 6. The van der Waals surface area contributed by atoms with Gasteiger partial charge in [-0.1, -0.05) is 0 Å². The lowest BCUT2D eigenvalue weighted by molar-refractivity contribution is 0.0917. The zero-order valence-corrected chi connectivity index (χ0v) is 16.4. The third kappa shape index (κ3) is 4.51. The molecule has 1 aliphatic heterocycles. The summed E-state index contributed by atoms with van der Waals surface area (Å²) in [5, 5.41) is 2.92. The van der Waals surface area contributed by atoms with E-state index in [1.807, 2.05) is 12.1 Å². The van der Waals surface area contributed by atoms with E-state index >= 15 is 0 Å². The molecule has 2 aromatic rings. The molecule has 1 N–H and O–H groups in total. The number of hydrogen-bond acceptors (Lipinski definition) is 5. The first-order chi connectivity index (χ1) is 12.9. The quantitative estimate of drug-likeness (QED) is 0.816. The highest BCUT2D eigenvalue weighted by atomic mass is 32.2. The van der Waals surface area contributed by atoms with Crippen LogP contribution in [0.25, 0.3) is 0 Å². The number of benzene rings is 1. The Morgan fingerprint density at radius 3 is 2.41 bits per heavy atom. The second-order valence-corrected chi connectivity index (χ2v) is 9.05. The summed E-state index contributed by atoms with van der Waals surface area (Å²) in [6.07, 6.45) is 3.43. The Labute approximate surface area is 160 Å². The molecular weight excluding hydrogens is 366 g/mol. The van der Waals surface area contributed by atoms with Crippen LogP contribution in [0.3, 0.4) is 0 Å². The largest absolute Gasteiger partial charge is 0.459 e. The van der Waals surface area contributed by atoms with E-state index in [0.717, 1.165) is 31.6 Å². The standard InChI is InChI=1S/C19H25N3O4S/c1-21(2)27(24,25)17-7-5-16(6-8-17)22-11-9-15(10-12-22)14-20-19(23)18-4-3-13-26-18/h3-8,13,15H,9-12,14H2,1-2H3,(H,20,23). The molecule has 0 atom stereocenters. The van der Waals surface area contributed by atoms with E-state index in [1.165, 1.54) is 24.7 Å². The molecule has 1 aromatic heterocycles. The lowest BCUT2D eigenvalue weighted by atomic mass is 9.96. The van der Waals surface area contributed by atoms with Crippen molar-refractivity contribution in [3.8, 4) is 0 Å². The Kier molecular flexibility index (Phi) is 5.86. The fourth-order valence-corrected chi connectivity index (χ4v) is 4.07. The fourth-order valence-electron chi connectivity index (χ4n) is 3.17. The van der Waals surface area contributed by atoms with Crippen LogP contribution in [-0.2, 0) is 10.0 Å². The second-order valence-electron chi connectivity index (χ2n) is 6.90. The molecule has 1 saturated heterocycles. The van der Waals surface area contributed by atoms with Crippen molar-refractivity contribution < 1.29 is 17.6 Å². The molecule has 0 unspecified atom stereocenters. The lowest BCUT2D eigenvalue weighted by Gasteiger charge is -2.33. The molecule has 0 radical (unpaired) electrons. The summed E-state index contributed by atoms with van der Waals surface area (Å²) < 4.78 is 30.6. The highest BCUT2D eigenvalue weighted by molar-refractivity contribution is 7.89. The summed E-state index contributed by atoms with van der Waals surface area (Å²) in [4.78, 5) is 14.5. The van der Waals surface area contributed by atoms with Gasteiger partial charge in [-0.05, 0) is 55.2 Å². The maximum atomic E-state index is 12.1. The summed E-state index contributed by atoms with van der Waals surface area (Å²) in [7, 11) is -0.347. The number of hydrogen-bond donors (Lipinski definition) is 1. The topological polar surface area (TPSA) is 82.9 Å². The molecule has 2 heterocycles. The third-order valence-electron chi connectivity index (χ3n) is 4.89. The minimum atomic E-state index is -3.40. The number of amides is 1. The van der Waals surface area contributed by atoms with Gasteiger partial charge in [0, 0.05) is 39.4 Å². The van der Waals surface area contributed by atoms with Crippen LogP contribution >= 0.6 is 0 Å². The predicted octanol–water partition coefficient (Wildman–Crippen LogP) is 2.18. The van der Waals surface area contributed by atoms with Gasteiger partial charge >= 0.3 is 0 Å². The molecule has 0 saturated carbocycles. The molecular formula is C19H25N3O4S. The monoisotopic (exact) mass is 391 g/mol. The van der Waals surface area contributed by atoms with Gasteiger partial charge in [-0.15, -0.1) is 0 Å². The molecule has 8 heteroatoms. The number of piperidine rings is 1. The van der Waals surface area contributed by atoms with Gasteiger partial charge < -0.3 is 14.6 Å². The summed E-state index contributed by atoms with van der Waals surface area (Å²) in [6, 6.07) is 10.4. The number of anilines is 1. The zero-order valence-electron chi connectivity index (χ0n) is 15.6. The van der Waals surface area contributed by atoms with Crippen LogP contribution in [0.5, 0.6) is 0 Å². The molecule has 1 fully saturated rings. The molecule has 1 aliphatic rings. The van der Waals surface area contributed by atoms with Crippen molar-refractivity contribution in [1.29, 1.82) is 0 Å². The first kappa shape index (κ1) is 19.4. The van der Waals surface area contributed by atoms with Crippen LogP contribution in [-0.4, -0.2) is 52.4 Å². The Morgan fingerprint density at radius 2 is 1.85 bits per heavy atom. The van der Waals surface area contributed by atoms with E-state index < -0.39 is 10.0 Å². The molecule has 1 amide bonds. The Balaban J connectivity index is 1.51. The van der Waals surface area contributed by atoms with E-state index in [4.69, 9.17) is 4.42 Å². The first-order valence-corrected chi connectivity index (χ1v) is 10.4. The van der Waals surface area contributed by atoms with Crippen molar-refractivity contribution in [3.05, 3.63) is 48.4 Å². The van der Waals surface area contributed by atoms with Crippen molar-refractivity contribution in [3.63, 3.8) is 0 Å². The number of carbonyl (C=O) groups is 1. The Morgan fingerprint density at radius 1 is 1.19 bits per heavy atom. The molecule has 7 nitrogen and oxygen atoms in total. The second kappa shape index (κ2) is 8.14. The molecule has 146 valence electrons. The minimum Gasteiger partial charge on any atom is -0.459 e. The number of nitrogens with zero attached hydrogens (tertiary/aromatic N) is 2. The van der Waals surface area contributed by atoms with E-state index in [1.54, 1.807) is 24.3 Å². The Hall–Kier alpha value is -2.32. The first-order valence-electron chi connectivity index (χ1n) is 8.97. The van der Waals surface area contributed by atoms with Crippen LogP contribution in [0.1, 0.15) is 23.4 Å². The molecule has 0 spiro atoms.